The Hall–Kier alpha value is -0.860. The van der Waals surface area contributed by atoms with Gasteiger partial charge in [-0.3, -0.25) is 0 Å². The van der Waals surface area contributed by atoms with E-state index in [1.165, 1.54) is 36.8 Å². The van der Waals surface area contributed by atoms with Crippen molar-refractivity contribution < 1.29 is 9.84 Å². The standard InChI is InChI=1S/C18H24O2/c19-18(11-7-14-5-1-2-6-16(14)18)15-8-12-20-17(13-15)9-3-4-10-17/h1-2,5-6,15,19H,3-4,7-13H2. The van der Waals surface area contributed by atoms with Gasteiger partial charge in [-0.15, -0.1) is 0 Å². The zero-order valence-electron chi connectivity index (χ0n) is 12.1. The van der Waals surface area contributed by atoms with Gasteiger partial charge in [-0.05, 0) is 55.6 Å². The summed E-state index contributed by atoms with van der Waals surface area (Å²) < 4.78 is 6.14. The molecule has 0 radical (unpaired) electrons. The Labute approximate surface area is 121 Å². The number of fused-ring (bicyclic) bond motifs is 1. The highest BCUT2D eigenvalue weighted by Crippen LogP contribution is 2.51. The van der Waals surface area contributed by atoms with Crippen LogP contribution in [-0.2, 0) is 16.8 Å². The van der Waals surface area contributed by atoms with Crippen molar-refractivity contribution in [3.63, 3.8) is 0 Å². The molecule has 0 aromatic heterocycles. The number of benzene rings is 1. The van der Waals surface area contributed by atoms with Crippen molar-refractivity contribution in [2.45, 2.75) is 62.6 Å². The molecular weight excluding hydrogens is 248 g/mol. The van der Waals surface area contributed by atoms with Gasteiger partial charge in [0.1, 0.15) is 0 Å². The molecule has 3 aliphatic rings. The first-order chi connectivity index (χ1) is 9.72. The molecule has 1 saturated heterocycles. The third-order valence-electron chi connectivity index (χ3n) is 5.94. The summed E-state index contributed by atoms with van der Waals surface area (Å²) in [5.74, 6) is 0.373. The van der Waals surface area contributed by atoms with Crippen LogP contribution in [0.4, 0.5) is 0 Å². The highest BCUT2D eigenvalue weighted by atomic mass is 16.5. The Kier molecular flexibility index (Phi) is 2.94. The minimum Gasteiger partial charge on any atom is -0.385 e. The lowest BCUT2D eigenvalue weighted by molar-refractivity contribution is -0.143. The van der Waals surface area contributed by atoms with Crippen LogP contribution >= 0.6 is 0 Å². The van der Waals surface area contributed by atoms with Gasteiger partial charge in [-0.2, -0.15) is 0 Å². The second-order valence-electron chi connectivity index (χ2n) is 7.01. The van der Waals surface area contributed by atoms with Gasteiger partial charge >= 0.3 is 0 Å². The van der Waals surface area contributed by atoms with Crippen molar-refractivity contribution in [3.05, 3.63) is 35.4 Å². The summed E-state index contributed by atoms with van der Waals surface area (Å²) >= 11 is 0. The number of aliphatic hydroxyl groups is 1. The van der Waals surface area contributed by atoms with E-state index in [1.807, 2.05) is 0 Å². The van der Waals surface area contributed by atoms with Gasteiger partial charge in [0.2, 0.25) is 0 Å². The van der Waals surface area contributed by atoms with E-state index >= 15 is 0 Å². The largest absolute Gasteiger partial charge is 0.385 e. The lowest BCUT2D eigenvalue weighted by Gasteiger charge is -2.44. The van der Waals surface area contributed by atoms with Crippen LogP contribution in [0.2, 0.25) is 0 Å². The Morgan fingerprint density at radius 1 is 1.10 bits per heavy atom. The summed E-state index contributed by atoms with van der Waals surface area (Å²) in [5.41, 5.74) is 2.04. The van der Waals surface area contributed by atoms with Crippen LogP contribution in [0.25, 0.3) is 0 Å². The molecule has 2 fully saturated rings. The van der Waals surface area contributed by atoms with Gasteiger partial charge in [0.05, 0.1) is 11.2 Å². The maximum atomic E-state index is 11.4. The quantitative estimate of drug-likeness (QED) is 0.847. The van der Waals surface area contributed by atoms with E-state index < -0.39 is 5.60 Å². The molecule has 0 amide bonds. The average molecular weight is 272 g/mol. The van der Waals surface area contributed by atoms with E-state index in [9.17, 15) is 5.11 Å². The normalized spacial score (nSPS) is 35.4. The van der Waals surface area contributed by atoms with E-state index in [1.54, 1.807) is 0 Å². The van der Waals surface area contributed by atoms with Crippen LogP contribution in [-0.4, -0.2) is 17.3 Å². The van der Waals surface area contributed by atoms with Crippen LogP contribution in [0.5, 0.6) is 0 Å². The van der Waals surface area contributed by atoms with Crippen molar-refractivity contribution >= 4 is 0 Å². The topological polar surface area (TPSA) is 29.5 Å². The van der Waals surface area contributed by atoms with Crippen LogP contribution in [0.15, 0.2) is 24.3 Å². The molecule has 4 rings (SSSR count). The number of rotatable bonds is 1. The molecule has 1 aliphatic heterocycles. The third-order valence-corrected chi connectivity index (χ3v) is 5.94. The minimum absolute atomic E-state index is 0.0934. The van der Waals surface area contributed by atoms with Gasteiger partial charge in [0.25, 0.3) is 0 Å². The number of ether oxygens (including phenoxy) is 1. The van der Waals surface area contributed by atoms with Crippen molar-refractivity contribution in [2.24, 2.45) is 5.92 Å². The van der Waals surface area contributed by atoms with E-state index in [0.717, 1.165) is 32.3 Å². The Morgan fingerprint density at radius 3 is 2.75 bits per heavy atom. The molecule has 2 aliphatic carbocycles. The molecule has 1 N–H and O–H groups in total. The average Bonchev–Trinajstić information content (AvgIpc) is 3.06. The van der Waals surface area contributed by atoms with E-state index in [-0.39, 0.29) is 5.60 Å². The van der Waals surface area contributed by atoms with E-state index in [2.05, 4.69) is 24.3 Å². The molecular formula is C18H24O2. The lowest BCUT2D eigenvalue weighted by Crippen LogP contribution is -2.45. The van der Waals surface area contributed by atoms with Gasteiger partial charge in [0.15, 0.2) is 0 Å². The molecule has 2 nitrogen and oxygen atoms in total. The molecule has 2 atom stereocenters. The van der Waals surface area contributed by atoms with Crippen LogP contribution in [0.3, 0.4) is 0 Å². The summed E-state index contributed by atoms with van der Waals surface area (Å²) in [5, 5.41) is 11.4. The second kappa shape index (κ2) is 4.57. The number of hydrogen-bond donors (Lipinski definition) is 1. The highest BCUT2D eigenvalue weighted by molar-refractivity contribution is 5.38. The molecule has 1 spiro atoms. The van der Waals surface area contributed by atoms with E-state index in [0.29, 0.717) is 5.92 Å². The zero-order valence-corrected chi connectivity index (χ0v) is 12.1. The summed E-state index contributed by atoms with van der Waals surface area (Å²) in [6, 6.07) is 8.48. The fourth-order valence-corrected chi connectivity index (χ4v) is 4.85. The summed E-state index contributed by atoms with van der Waals surface area (Å²) in [7, 11) is 0. The first-order valence-corrected chi connectivity index (χ1v) is 8.17. The van der Waals surface area contributed by atoms with Gasteiger partial charge in [-0.1, -0.05) is 37.1 Å². The molecule has 108 valence electrons. The lowest BCUT2D eigenvalue weighted by atomic mass is 9.72. The zero-order chi connectivity index (χ0) is 13.6. The maximum Gasteiger partial charge on any atom is 0.0932 e. The smallest absolute Gasteiger partial charge is 0.0932 e. The SMILES string of the molecule is OC1(C2CCOC3(CCCC3)C2)CCc2ccccc21. The van der Waals surface area contributed by atoms with Gasteiger partial charge in [0, 0.05) is 6.61 Å². The summed E-state index contributed by atoms with van der Waals surface area (Å²) in [6.45, 7) is 0.829. The van der Waals surface area contributed by atoms with Crippen LogP contribution < -0.4 is 0 Å². The van der Waals surface area contributed by atoms with Crippen LogP contribution in [0.1, 0.15) is 56.1 Å². The summed E-state index contributed by atoms with van der Waals surface area (Å²) in [4.78, 5) is 0. The molecule has 20 heavy (non-hydrogen) atoms. The predicted octanol–water partition coefficient (Wildman–Crippen LogP) is 3.56. The Bertz CT molecular complexity index is 504. The van der Waals surface area contributed by atoms with E-state index in [4.69, 9.17) is 4.74 Å². The fourth-order valence-electron chi connectivity index (χ4n) is 4.85. The first kappa shape index (κ1) is 12.8. The minimum atomic E-state index is -0.601. The van der Waals surface area contributed by atoms with Gasteiger partial charge in [-0.25, -0.2) is 0 Å². The molecule has 2 unspecified atom stereocenters. The molecule has 2 heteroatoms. The maximum absolute atomic E-state index is 11.4. The van der Waals surface area contributed by atoms with Crippen molar-refractivity contribution in [3.8, 4) is 0 Å². The third kappa shape index (κ3) is 1.85. The molecule has 1 aromatic rings. The second-order valence-corrected chi connectivity index (χ2v) is 7.01. The first-order valence-electron chi connectivity index (χ1n) is 8.17. The van der Waals surface area contributed by atoms with Crippen molar-refractivity contribution in [2.75, 3.05) is 6.61 Å². The summed E-state index contributed by atoms with van der Waals surface area (Å²) in [6.07, 6.45) is 8.96. The number of aryl methyl sites for hydroxylation is 1. The molecule has 1 aromatic carbocycles. The monoisotopic (exact) mass is 272 g/mol. The van der Waals surface area contributed by atoms with Crippen LogP contribution in [0, 0.1) is 5.92 Å². The number of hydrogen-bond acceptors (Lipinski definition) is 2. The fraction of sp³-hybridized carbons (Fsp3) is 0.667. The molecule has 1 saturated carbocycles. The van der Waals surface area contributed by atoms with Crippen molar-refractivity contribution in [1.29, 1.82) is 0 Å². The molecule has 0 bridgehead atoms. The van der Waals surface area contributed by atoms with Crippen molar-refractivity contribution in [1.82, 2.24) is 0 Å². The highest BCUT2D eigenvalue weighted by Gasteiger charge is 2.49. The molecule has 1 heterocycles. The predicted molar refractivity (Wildman–Crippen MR) is 78.5 cm³/mol. The Balaban J connectivity index is 1.64. The van der Waals surface area contributed by atoms with Gasteiger partial charge < -0.3 is 9.84 Å². The Morgan fingerprint density at radius 2 is 1.90 bits per heavy atom.